The molecule has 0 heterocycles. The smallest absolute Gasteiger partial charge is 0.251 e. The standard InChI is InChI=1S/C21H33N7O5S/c1-34-11-9-15(27-18(31)13-6-3-2-4-7-13)19(32)28-16(12-29)20(33)26-14(17(22)30)8-5-10-25-21(23)24/h2-4,6-7,14-16,29H,5,8-12H2,1H3,(H2,22,30)(H,26,33)(H,27,31)(H,28,32)(H4,23,24,25)/t14-,15-,16-/m0/s1. The molecule has 34 heavy (non-hydrogen) atoms. The molecule has 4 amide bonds. The summed E-state index contributed by atoms with van der Waals surface area (Å²) >= 11 is 1.49. The number of aliphatic hydroxyl groups excluding tert-OH is 1. The Morgan fingerprint density at radius 1 is 0.941 bits per heavy atom. The first kappa shape index (κ1) is 28.7. The Kier molecular flexibility index (Phi) is 13.1. The summed E-state index contributed by atoms with van der Waals surface area (Å²) in [4.78, 5) is 53.4. The van der Waals surface area contributed by atoms with Crippen LogP contribution in [0.15, 0.2) is 35.3 Å². The van der Waals surface area contributed by atoms with Gasteiger partial charge in [-0.3, -0.25) is 24.2 Å². The fourth-order valence-corrected chi connectivity index (χ4v) is 3.33. The molecule has 3 atom stereocenters. The lowest BCUT2D eigenvalue weighted by Gasteiger charge is -2.23. The van der Waals surface area contributed by atoms with Crippen molar-refractivity contribution in [2.24, 2.45) is 22.2 Å². The lowest BCUT2D eigenvalue weighted by atomic mass is 10.1. The third kappa shape index (κ3) is 10.5. The summed E-state index contributed by atoms with van der Waals surface area (Å²) in [5, 5.41) is 17.2. The number of hydrogen-bond donors (Lipinski definition) is 7. The highest BCUT2D eigenvalue weighted by Crippen LogP contribution is 2.05. The lowest BCUT2D eigenvalue weighted by Crippen LogP contribution is -2.57. The Balaban J connectivity index is 2.79. The Morgan fingerprint density at radius 2 is 1.56 bits per heavy atom. The Morgan fingerprint density at radius 3 is 2.12 bits per heavy atom. The summed E-state index contributed by atoms with van der Waals surface area (Å²) < 4.78 is 0. The normalized spacial score (nSPS) is 13.1. The molecule has 0 aliphatic carbocycles. The number of thioether (sulfide) groups is 1. The molecular weight excluding hydrogens is 462 g/mol. The van der Waals surface area contributed by atoms with Crippen LogP contribution in [0.1, 0.15) is 29.6 Å². The van der Waals surface area contributed by atoms with E-state index < -0.39 is 48.4 Å². The Labute approximate surface area is 202 Å². The molecule has 188 valence electrons. The predicted molar refractivity (Wildman–Crippen MR) is 131 cm³/mol. The van der Waals surface area contributed by atoms with Gasteiger partial charge in [0.2, 0.25) is 17.7 Å². The van der Waals surface area contributed by atoms with Crippen molar-refractivity contribution in [3.05, 3.63) is 35.9 Å². The van der Waals surface area contributed by atoms with Crippen LogP contribution < -0.4 is 33.2 Å². The van der Waals surface area contributed by atoms with Gasteiger partial charge in [-0.1, -0.05) is 18.2 Å². The highest BCUT2D eigenvalue weighted by atomic mass is 32.2. The molecule has 0 aromatic heterocycles. The first-order valence-electron chi connectivity index (χ1n) is 10.6. The average Bonchev–Trinajstić information content (AvgIpc) is 2.81. The van der Waals surface area contributed by atoms with Crippen molar-refractivity contribution < 1.29 is 24.3 Å². The van der Waals surface area contributed by atoms with Crippen molar-refractivity contribution >= 4 is 41.4 Å². The zero-order valence-electron chi connectivity index (χ0n) is 19.0. The largest absolute Gasteiger partial charge is 0.394 e. The van der Waals surface area contributed by atoms with Crippen molar-refractivity contribution in [3.63, 3.8) is 0 Å². The maximum absolute atomic E-state index is 12.8. The summed E-state index contributed by atoms with van der Waals surface area (Å²) in [6.07, 6.45) is 2.69. The number of benzene rings is 1. The molecule has 0 saturated carbocycles. The van der Waals surface area contributed by atoms with Gasteiger partial charge in [-0.15, -0.1) is 0 Å². The van der Waals surface area contributed by atoms with Gasteiger partial charge >= 0.3 is 0 Å². The SMILES string of the molecule is CSCC[C@H](NC(=O)c1ccccc1)C(=O)N[C@@H](CO)C(=O)N[C@@H](CCCN=C(N)N)C(N)=O. The average molecular weight is 496 g/mol. The van der Waals surface area contributed by atoms with E-state index in [1.807, 2.05) is 6.26 Å². The van der Waals surface area contributed by atoms with Crippen molar-refractivity contribution in [1.82, 2.24) is 16.0 Å². The van der Waals surface area contributed by atoms with E-state index in [1.54, 1.807) is 30.3 Å². The molecule has 1 aromatic rings. The van der Waals surface area contributed by atoms with Crippen molar-refractivity contribution in [1.29, 1.82) is 0 Å². The Hall–Kier alpha value is -3.32. The number of primary amides is 1. The zero-order valence-corrected chi connectivity index (χ0v) is 19.8. The van der Waals surface area contributed by atoms with Gasteiger partial charge in [0, 0.05) is 12.1 Å². The van der Waals surface area contributed by atoms with Crippen LogP contribution in [0.5, 0.6) is 0 Å². The number of rotatable bonds is 15. The maximum Gasteiger partial charge on any atom is 0.251 e. The highest BCUT2D eigenvalue weighted by molar-refractivity contribution is 7.98. The first-order chi connectivity index (χ1) is 16.2. The molecular formula is C21H33N7O5S. The second-order valence-corrected chi connectivity index (χ2v) is 8.32. The van der Waals surface area contributed by atoms with Crippen LogP contribution in [-0.2, 0) is 14.4 Å². The maximum atomic E-state index is 12.8. The van der Waals surface area contributed by atoms with Crippen LogP contribution in [0.25, 0.3) is 0 Å². The Bertz CT molecular complexity index is 849. The minimum atomic E-state index is -1.35. The molecule has 1 aromatic carbocycles. The molecule has 0 unspecified atom stereocenters. The molecule has 0 saturated heterocycles. The van der Waals surface area contributed by atoms with Crippen LogP contribution in [0, 0.1) is 0 Å². The van der Waals surface area contributed by atoms with Crippen molar-refractivity contribution in [3.8, 4) is 0 Å². The van der Waals surface area contributed by atoms with Crippen LogP contribution in [-0.4, -0.2) is 78.0 Å². The second-order valence-electron chi connectivity index (χ2n) is 7.33. The predicted octanol–water partition coefficient (Wildman–Crippen LogP) is -1.96. The quantitative estimate of drug-likeness (QED) is 0.0821. The molecule has 13 heteroatoms. The molecule has 0 radical (unpaired) electrons. The van der Waals surface area contributed by atoms with E-state index in [0.29, 0.717) is 24.2 Å². The summed E-state index contributed by atoms with van der Waals surface area (Å²) in [6, 6.07) is 5.05. The highest BCUT2D eigenvalue weighted by Gasteiger charge is 2.28. The van der Waals surface area contributed by atoms with E-state index in [2.05, 4.69) is 20.9 Å². The fourth-order valence-electron chi connectivity index (χ4n) is 2.86. The number of nitrogens with zero attached hydrogens (tertiary/aromatic N) is 1. The molecule has 0 aliphatic heterocycles. The summed E-state index contributed by atoms with van der Waals surface area (Å²) in [5.74, 6) is -2.19. The number of hydrogen-bond acceptors (Lipinski definition) is 7. The number of aliphatic imine (C=N–C) groups is 1. The van der Waals surface area contributed by atoms with Crippen molar-refractivity contribution in [2.75, 3.05) is 25.2 Å². The molecule has 0 fully saturated rings. The van der Waals surface area contributed by atoms with E-state index in [1.165, 1.54) is 11.8 Å². The minimum absolute atomic E-state index is 0.0990. The summed E-state index contributed by atoms with van der Waals surface area (Å²) in [5.41, 5.74) is 16.2. The lowest BCUT2D eigenvalue weighted by molar-refractivity contribution is -0.132. The number of aliphatic hydroxyl groups is 1. The van der Waals surface area contributed by atoms with Crippen LogP contribution in [0.3, 0.4) is 0 Å². The van der Waals surface area contributed by atoms with E-state index >= 15 is 0 Å². The van der Waals surface area contributed by atoms with Gasteiger partial charge in [0.1, 0.15) is 18.1 Å². The number of carbonyl (C=O) groups is 4. The van der Waals surface area contributed by atoms with Gasteiger partial charge in [0.25, 0.3) is 5.91 Å². The minimum Gasteiger partial charge on any atom is -0.394 e. The third-order valence-electron chi connectivity index (χ3n) is 4.69. The number of carbonyl (C=O) groups excluding carboxylic acids is 4. The first-order valence-corrected chi connectivity index (χ1v) is 12.0. The molecule has 10 N–H and O–H groups in total. The van der Waals surface area contributed by atoms with E-state index in [4.69, 9.17) is 17.2 Å². The number of nitrogens with one attached hydrogen (secondary N) is 3. The van der Waals surface area contributed by atoms with Gasteiger partial charge in [0.05, 0.1) is 6.61 Å². The zero-order chi connectivity index (χ0) is 25.5. The van der Waals surface area contributed by atoms with Crippen molar-refractivity contribution in [2.45, 2.75) is 37.4 Å². The van der Waals surface area contributed by atoms with Gasteiger partial charge < -0.3 is 38.3 Å². The molecule has 0 bridgehead atoms. The van der Waals surface area contributed by atoms with Crippen LogP contribution in [0.2, 0.25) is 0 Å². The molecule has 12 nitrogen and oxygen atoms in total. The van der Waals surface area contributed by atoms with E-state index in [-0.39, 0.29) is 18.9 Å². The van der Waals surface area contributed by atoms with Gasteiger partial charge in [-0.05, 0) is 43.4 Å². The van der Waals surface area contributed by atoms with E-state index in [0.717, 1.165) is 0 Å². The molecule has 1 rings (SSSR count). The number of amides is 4. The molecule has 0 spiro atoms. The second kappa shape index (κ2) is 15.5. The molecule has 0 aliphatic rings. The van der Waals surface area contributed by atoms with E-state index in [9.17, 15) is 24.3 Å². The number of guanidine groups is 1. The topological polar surface area (TPSA) is 215 Å². The van der Waals surface area contributed by atoms with Gasteiger partial charge in [-0.2, -0.15) is 11.8 Å². The van der Waals surface area contributed by atoms with Gasteiger partial charge in [0.15, 0.2) is 5.96 Å². The summed E-state index contributed by atoms with van der Waals surface area (Å²) in [7, 11) is 0. The third-order valence-corrected chi connectivity index (χ3v) is 5.33. The summed E-state index contributed by atoms with van der Waals surface area (Å²) in [6.45, 7) is -0.487. The monoisotopic (exact) mass is 495 g/mol. The number of nitrogens with two attached hydrogens (primary N) is 3. The fraction of sp³-hybridized carbons (Fsp3) is 0.476. The van der Waals surface area contributed by atoms with Gasteiger partial charge in [-0.25, -0.2) is 0 Å². The van der Waals surface area contributed by atoms with Crippen LogP contribution >= 0.6 is 11.8 Å². The van der Waals surface area contributed by atoms with Crippen LogP contribution in [0.4, 0.5) is 0 Å².